The maximum Gasteiger partial charge on any atom is 0.226 e. The van der Waals surface area contributed by atoms with Gasteiger partial charge in [0.25, 0.3) is 0 Å². The van der Waals surface area contributed by atoms with Gasteiger partial charge in [-0.3, -0.25) is 0 Å². The average molecular weight is 419 g/mol. The van der Waals surface area contributed by atoms with Gasteiger partial charge in [-0.25, -0.2) is 15.0 Å². The molecule has 0 unspecified atom stereocenters. The fourth-order valence-corrected chi connectivity index (χ4v) is 3.58. The summed E-state index contributed by atoms with van der Waals surface area (Å²) in [5.41, 5.74) is 4.17. The number of nitrogens with zero attached hydrogens (tertiary/aromatic N) is 4. The van der Waals surface area contributed by atoms with Crippen LogP contribution in [0.3, 0.4) is 0 Å². The Morgan fingerprint density at radius 2 is 1.94 bits per heavy atom. The Labute approximate surface area is 183 Å². The molecule has 1 aromatic carbocycles. The lowest BCUT2D eigenvalue weighted by atomic mass is 10.1. The molecule has 3 aromatic rings. The zero-order valence-electron chi connectivity index (χ0n) is 18.3. The van der Waals surface area contributed by atoms with E-state index in [2.05, 4.69) is 57.5 Å². The van der Waals surface area contributed by atoms with Gasteiger partial charge in [-0.15, -0.1) is 0 Å². The summed E-state index contributed by atoms with van der Waals surface area (Å²) >= 11 is 0. The molecule has 0 aliphatic carbocycles. The van der Waals surface area contributed by atoms with Gasteiger partial charge in [0, 0.05) is 31.4 Å². The van der Waals surface area contributed by atoms with Gasteiger partial charge >= 0.3 is 0 Å². The Kier molecular flexibility index (Phi) is 6.82. The van der Waals surface area contributed by atoms with Gasteiger partial charge in [0.1, 0.15) is 12.1 Å². The zero-order chi connectivity index (χ0) is 21.5. The summed E-state index contributed by atoms with van der Waals surface area (Å²) in [5, 5.41) is 6.63. The van der Waals surface area contributed by atoms with Crippen molar-refractivity contribution in [2.45, 2.75) is 39.8 Å². The normalized spacial score (nSPS) is 14.1. The van der Waals surface area contributed by atoms with Gasteiger partial charge in [0.2, 0.25) is 5.89 Å². The van der Waals surface area contributed by atoms with Crippen LogP contribution in [0.2, 0.25) is 0 Å². The van der Waals surface area contributed by atoms with E-state index >= 15 is 0 Å². The first kappa shape index (κ1) is 20.9. The minimum atomic E-state index is 0.538. The van der Waals surface area contributed by atoms with Crippen LogP contribution in [0.25, 0.3) is 11.5 Å². The van der Waals surface area contributed by atoms with E-state index in [4.69, 9.17) is 9.41 Å². The Balaban J connectivity index is 1.37. The maximum absolute atomic E-state index is 5.65. The van der Waals surface area contributed by atoms with Crippen LogP contribution in [0.4, 0.5) is 5.82 Å². The molecule has 0 bridgehead atoms. The molecule has 31 heavy (non-hydrogen) atoms. The van der Waals surface area contributed by atoms with Crippen LogP contribution in [0.15, 0.2) is 58.3 Å². The maximum atomic E-state index is 5.65. The molecule has 0 amide bonds. The molecule has 2 aromatic heterocycles. The van der Waals surface area contributed by atoms with Gasteiger partial charge in [0.15, 0.2) is 5.96 Å². The molecule has 1 saturated heterocycles. The summed E-state index contributed by atoms with van der Waals surface area (Å²) in [5.74, 6) is 2.43. The number of benzene rings is 1. The third-order valence-corrected chi connectivity index (χ3v) is 5.29. The van der Waals surface area contributed by atoms with E-state index in [-0.39, 0.29) is 0 Å². The van der Waals surface area contributed by atoms with Crippen LogP contribution in [-0.4, -0.2) is 35.6 Å². The van der Waals surface area contributed by atoms with Crippen molar-refractivity contribution < 1.29 is 4.42 Å². The number of hydrogen-bond donors (Lipinski definition) is 2. The number of aromatic nitrogens is 2. The molecule has 1 fully saturated rings. The van der Waals surface area contributed by atoms with Crippen molar-refractivity contribution in [2.75, 3.05) is 24.5 Å². The molecule has 162 valence electrons. The smallest absolute Gasteiger partial charge is 0.226 e. The minimum absolute atomic E-state index is 0.538. The molecule has 0 saturated carbocycles. The first-order chi connectivity index (χ1) is 15.2. The molecule has 3 heterocycles. The number of aliphatic imine (C=N–C) groups is 1. The first-order valence-corrected chi connectivity index (χ1v) is 10.9. The Bertz CT molecular complexity index is 1000. The highest BCUT2D eigenvalue weighted by molar-refractivity contribution is 5.79. The van der Waals surface area contributed by atoms with Gasteiger partial charge in [-0.1, -0.05) is 17.7 Å². The predicted octanol–water partition coefficient (Wildman–Crippen LogP) is 3.90. The third-order valence-electron chi connectivity index (χ3n) is 5.29. The van der Waals surface area contributed by atoms with Gasteiger partial charge in [0.05, 0.1) is 18.8 Å². The third kappa shape index (κ3) is 5.63. The average Bonchev–Trinajstić information content (AvgIpc) is 3.49. The van der Waals surface area contributed by atoms with E-state index in [0.717, 1.165) is 48.2 Å². The molecule has 7 heteroatoms. The summed E-state index contributed by atoms with van der Waals surface area (Å²) in [4.78, 5) is 16.2. The predicted molar refractivity (Wildman–Crippen MR) is 124 cm³/mol. The van der Waals surface area contributed by atoms with Crippen LogP contribution in [0, 0.1) is 6.92 Å². The monoisotopic (exact) mass is 418 g/mol. The summed E-state index contributed by atoms with van der Waals surface area (Å²) in [6, 6.07) is 12.3. The standard InChI is InChI=1S/C24H30N6O/c1-3-25-24(27-15-19-10-11-26-22(14-19)30-12-4-5-13-30)28-16-21-17-31-23(29-21)20-8-6-18(2)7-9-20/h6-11,14,17H,3-5,12-13,15-16H2,1-2H3,(H2,25,27,28). The number of aryl methyl sites for hydroxylation is 1. The fourth-order valence-electron chi connectivity index (χ4n) is 3.58. The van der Waals surface area contributed by atoms with Crippen molar-refractivity contribution in [3.05, 3.63) is 65.7 Å². The highest BCUT2D eigenvalue weighted by Gasteiger charge is 2.13. The Morgan fingerprint density at radius 1 is 1.13 bits per heavy atom. The van der Waals surface area contributed by atoms with Crippen LogP contribution in [-0.2, 0) is 13.1 Å². The Hall–Kier alpha value is -3.35. The number of pyridine rings is 1. The van der Waals surface area contributed by atoms with Gasteiger partial charge in [-0.2, -0.15) is 0 Å². The number of nitrogens with one attached hydrogen (secondary N) is 2. The molecular weight excluding hydrogens is 388 g/mol. The summed E-state index contributed by atoms with van der Waals surface area (Å²) < 4.78 is 5.65. The highest BCUT2D eigenvalue weighted by atomic mass is 16.3. The molecule has 2 N–H and O–H groups in total. The van der Waals surface area contributed by atoms with E-state index in [9.17, 15) is 0 Å². The summed E-state index contributed by atoms with van der Waals surface area (Å²) in [6.07, 6.45) is 6.05. The van der Waals surface area contributed by atoms with Crippen molar-refractivity contribution in [1.29, 1.82) is 0 Å². The number of rotatable bonds is 7. The molecular formula is C24H30N6O. The molecule has 0 radical (unpaired) electrons. The summed E-state index contributed by atoms with van der Waals surface area (Å²) in [6.45, 7) is 8.21. The van der Waals surface area contributed by atoms with Gasteiger partial charge in [-0.05, 0) is 56.5 Å². The SMILES string of the molecule is CCNC(=NCc1ccnc(N2CCCC2)c1)NCc1coc(-c2ccc(C)cc2)n1. The van der Waals surface area contributed by atoms with Crippen molar-refractivity contribution in [3.63, 3.8) is 0 Å². The zero-order valence-corrected chi connectivity index (χ0v) is 18.3. The minimum Gasteiger partial charge on any atom is -0.444 e. The second-order valence-corrected chi connectivity index (χ2v) is 7.78. The number of oxazole rings is 1. The summed E-state index contributed by atoms with van der Waals surface area (Å²) in [7, 11) is 0. The molecule has 1 aliphatic rings. The first-order valence-electron chi connectivity index (χ1n) is 10.9. The molecule has 0 spiro atoms. The topological polar surface area (TPSA) is 78.6 Å². The van der Waals surface area contributed by atoms with E-state index in [1.807, 2.05) is 24.4 Å². The lowest BCUT2D eigenvalue weighted by Crippen LogP contribution is -2.36. The van der Waals surface area contributed by atoms with Gasteiger partial charge < -0.3 is 20.0 Å². The van der Waals surface area contributed by atoms with E-state index in [1.165, 1.54) is 18.4 Å². The molecule has 7 nitrogen and oxygen atoms in total. The number of guanidine groups is 1. The molecule has 0 atom stereocenters. The van der Waals surface area contributed by atoms with Crippen LogP contribution < -0.4 is 15.5 Å². The van der Waals surface area contributed by atoms with Crippen molar-refractivity contribution in [1.82, 2.24) is 20.6 Å². The second-order valence-electron chi connectivity index (χ2n) is 7.78. The molecule has 1 aliphatic heterocycles. The van der Waals surface area contributed by atoms with Crippen LogP contribution in [0.5, 0.6) is 0 Å². The van der Waals surface area contributed by atoms with E-state index < -0.39 is 0 Å². The lowest BCUT2D eigenvalue weighted by molar-refractivity contribution is 0.572. The largest absolute Gasteiger partial charge is 0.444 e. The molecule has 4 rings (SSSR count). The van der Waals surface area contributed by atoms with E-state index in [1.54, 1.807) is 6.26 Å². The number of anilines is 1. The van der Waals surface area contributed by atoms with Crippen LogP contribution in [0.1, 0.15) is 36.6 Å². The highest BCUT2D eigenvalue weighted by Crippen LogP contribution is 2.20. The fraction of sp³-hybridized carbons (Fsp3) is 0.375. The number of hydrogen-bond acceptors (Lipinski definition) is 5. The van der Waals surface area contributed by atoms with Crippen molar-refractivity contribution >= 4 is 11.8 Å². The second kappa shape index (κ2) is 10.1. The Morgan fingerprint density at radius 3 is 2.71 bits per heavy atom. The van der Waals surface area contributed by atoms with Crippen molar-refractivity contribution in [3.8, 4) is 11.5 Å². The lowest BCUT2D eigenvalue weighted by Gasteiger charge is -2.16. The van der Waals surface area contributed by atoms with Crippen molar-refractivity contribution in [2.24, 2.45) is 4.99 Å². The van der Waals surface area contributed by atoms with E-state index in [0.29, 0.717) is 19.0 Å². The quantitative estimate of drug-likeness (QED) is 0.448. The van der Waals surface area contributed by atoms with Crippen LogP contribution >= 0.6 is 0 Å².